The molecular weight excluding hydrogens is 411 g/mol. The van der Waals surface area contributed by atoms with Crippen LogP contribution in [-0.2, 0) is 11.3 Å². The largest absolute Gasteiger partial charge is 0.480 e. The van der Waals surface area contributed by atoms with Crippen molar-refractivity contribution in [1.82, 2.24) is 4.57 Å². The van der Waals surface area contributed by atoms with Gasteiger partial charge < -0.3 is 15.0 Å². The van der Waals surface area contributed by atoms with Crippen molar-refractivity contribution in [3.8, 4) is 0 Å². The molecule has 7 heteroatoms. The van der Waals surface area contributed by atoms with Gasteiger partial charge in [0.15, 0.2) is 5.43 Å². The lowest BCUT2D eigenvalue weighted by Crippen LogP contribution is -2.25. The number of carboxylic acids is 1. The second kappa shape index (κ2) is 7.88. The van der Waals surface area contributed by atoms with Gasteiger partial charge in [-0.05, 0) is 61.9 Å². The molecule has 2 N–H and O–H groups in total. The number of anilines is 1. The number of halogens is 2. The fourth-order valence-electron chi connectivity index (χ4n) is 4.23. The van der Waals surface area contributed by atoms with Gasteiger partial charge in [-0.2, -0.15) is 0 Å². The summed E-state index contributed by atoms with van der Waals surface area (Å²) in [6, 6.07) is 9.02. The summed E-state index contributed by atoms with van der Waals surface area (Å²) >= 11 is 12.6. The normalized spacial score (nSPS) is 19.6. The van der Waals surface area contributed by atoms with E-state index in [0.717, 1.165) is 24.4 Å². The molecule has 0 aliphatic heterocycles. The first-order chi connectivity index (χ1) is 13.8. The summed E-state index contributed by atoms with van der Waals surface area (Å²) in [5.41, 5.74) is 1.56. The Labute approximate surface area is 178 Å². The summed E-state index contributed by atoms with van der Waals surface area (Å²) in [4.78, 5) is 24.6. The first-order valence-electron chi connectivity index (χ1n) is 9.77. The highest BCUT2D eigenvalue weighted by molar-refractivity contribution is 6.45. The maximum Gasteiger partial charge on any atom is 0.323 e. The van der Waals surface area contributed by atoms with Gasteiger partial charge in [-0.15, -0.1) is 0 Å². The average molecular weight is 433 g/mol. The van der Waals surface area contributed by atoms with E-state index in [0.29, 0.717) is 27.8 Å². The topological polar surface area (TPSA) is 71.3 Å². The van der Waals surface area contributed by atoms with Gasteiger partial charge in [0.2, 0.25) is 0 Å². The highest BCUT2D eigenvalue weighted by Crippen LogP contribution is 2.33. The molecular formula is C22H22Cl2N2O3. The lowest BCUT2D eigenvalue weighted by molar-refractivity contribution is -0.137. The molecule has 0 saturated heterocycles. The zero-order chi connectivity index (χ0) is 20.7. The van der Waals surface area contributed by atoms with E-state index in [1.165, 1.54) is 12.8 Å². The molecule has 4 rings (SSSR count). The molecule has 0 amide bonds. The van der Waals surface area contributed by atoms with E-state index < -0.39 is 5.97 Å². The number of rotatable bonds is 4. The van der Waals surface area contributed by atoms with Crippen LogP contribution in [0.3, 0.4) is 0 Å². The number of fused-ring (bicyclic) bond motifs is 2. The van der Waals surface area contributed by atoms with Crippen LogP contribution in [0.5, 0.6) is 0 Å². The predicted molar refractivity (Wildman–Crippen MR) is 118 cm³/mol. The molecule has 1 aliphatic rings. The number of benzene rings is 2. The number of nitrogens with one attached hydrogen (secondary N) is 1. The lowest BCUT2D eigenvalue weighted by atomic mass is 9.87. The number of pyridine rings is 1. The monoisotopic (exact) mass is 432 g/mol. The molecule has 1 aromatic heterocycles. The molecule has 1 saturated carbocycles. The van der Waals surface area contributed by atoms with E-state index in [-0.39, 0.29) is 22.0 Å². The Morgan fingerprint density at radius 1 is 1.14 bits per heavy atom. The number of aromatic nitrogens is 1. The minimum absolute atomic E-state index is 0.184. The molecule has 1 fully saturated rings. The summed E-state index contributed by atoms with van der Waals surface area (Å²) in [5, 5.41) is 14.3. The van der Waals surface area contributed by atoms with Gasteiger partial charge in [-0.3, -0.25) is 9.59 Å². The highest BCUT2D eigenvalue weighted by Gasteiger charge is 2.20. The van der Waals surface area contributed by atoms with Crippen LogP contribution < -0.4 is 10.7 Å². The Hall–Kier alpha value is -2.24. The van der Waals surface area contributed by atoms with E-state index in [4.69, 9.17) is 23.2 Å². The number of hydrogen-bond acceptors (Lipinski definition) is 3. The van der Waals surface area contributed by atoms with Gasteiger partial charge in [0.1, 0.15) is 6.54 Å². The third-order valence-corrected chi connectivity index (χ3v) is 6.59. The smallest absolute Gasteiger partial charge is 0.323 e. The molecule has 0 spiro atoms. The van der Waals surface area contributed by atoms with E-state index in [1.54, 1.807) is 22.8 Å². The minimum Gasteiger partial charge on any atom is -0.480 e. The maximum atomic E-state index is 13.0. The second-order valence-electron chi connectivity index (χ2n) is 7.90. The summed E-state index contributed by atoms with van der Waals surface area (Å²) in [7, 11) is 0. The Bertz CT molecular complexity index is 1160. The fraction of sp³-hybridized carbons (Fsp3) is 0.364. The maximum absolute atomic E-state index is 13.0. The first-order valence-corrected chi connectivity index (χ1v) is 10.5. The summed E-state index contributed by atoms with van der Waals surface area (Å²) < 4.78 is 1.57. The zero-order valence-corrected chi connectivity index (χ0v) is 17.6. The molecule has 1 aliphatic carbocycles. The van der Waals surface area contributed by atoms with Crippen LogP contribution in [0.25, 0.3) is 21.8 Å². The molecule has 2 aromatic carbocycles. The minimum atomic E-state index is -1.02. The molecule has 1 heterocycles. The third kappa shape index (κ3) is 3.81. The van der Waals surface area contributed by atoms with Gasteiger partial charge in [0, 0.05) is 22.5 Å². The molecule has 3 aromatic rings. The highest BCUT2D eigenvalue weighted by atomic mass is 35.5. The van der Waals surface area contributed by atoms with Crippen LogP contribution in [0.4, 0.5) is 5.69 Å². The van der Waals surface area contributed by atoms with Crippen molar-refractivity contribution in [3.63, 3.8) is 0 Å². The quantitative estimate of drug-likeness (QED) is 0.531. The van der Waals surface area contributed by atoms with Crippen molar-refractivity contribution in [2.75, 3.05) is 5.32 Å². The van der Waals surface area contributed by atoms with Gasteiger partial charge in [0.05, 0.1) is 21.1 Å². The van der Waals surface area contributed by atoms with Gasteiger partial charge in [0.25, 0.3) is 0 Å². The molecule has 0 unspecified atom stereocenters. The number of carbonyl (C=O) groups is 1. The van der Waals surface area contributed by atoms with Crippen LogP contribution in [0.2, 0.25) is 10.0 Å². The van der Waals surface area contributed by atoms with Crippen LogP contribution in [0, 0.1) is 5.92 Å². The Morgan fingerprint density at radius 3 is 2.52 bits per heavy atom. The van der Waals surface area contributed by atoms with Crippen LogP contribution >= 0.6 is 23.2 Å². The number of nitrogens with zero attached hydrogens (tertiary/aromatic N) is 1. The number of hydrogen-bond donors (Lipinski definition) is 2. The van der Waals surface area contributed by atoms with Gasteiger partial charge in [-0.1, -0.05) is 30.1 Å². The number of aliphatic carboxylic acids is 1. The molecule has 0 radical (unpaired) electrons. The van der Waals surface area contributed by atoms with Crippen molar-refractivity contribution in [2.24, 2.45) is 5.92 Å². The second-order valence-corrected chi connectivity index (χ2v) is 8.68. The van der Waals surface area contributed by atoms with Crippen LogP contribution in [0.15, 0.2) is 35.1 Å². The van der Waals surface area contributed by atoms with Gasteiger partial charge >= 0.3 is 5.97 Å². The predicted octanol–water partition coefficient (Wildman–Crippen LogP) is 5.54. The summed E-state index contributed by atoms with van der Waals surface area (Å²) in [5.74, 6) is -0.268. The average Bonchev–Trinajstić information content (AvgIpc) is 2.69. The Morgan fingerprint density at radius 2 is 1.83 bits per heavy atom. The van der Waals surface area contributed by atoms with E-state index in [1.807, 2.05) is 12.1 Å². The zero-order valence-electron chi connectivity index (χ0n) is 16.0. The Balaban J connectivity index is 1.90. The van der Waals surface area contributed by atoms with Crippen molar-refractivity contribution in [3.05, 3.63) is 50.6 Å². The first kappa shape index (κ1) is 20.0. The van der Waals surface area contributed by atoms with Crippen molar-refractivity contribution in [1.29, 1.82) is 0 Å². The Kier molecular flexibility index (Phi) is 5.45. The van der Waals surface area contributed by atoms with E-state index >= 15 is 0 Å². The lowest BCUT2D eigenvalue weighted by Gasteiger charge is -2.28. The van der Waals surface area contributed by atoms with Crippen molar-refractivity contribution < 1.29 is 9.90 Å². The van der Waals surface area contributed by atoms with E-state index in [9.17, 15) is 14.7 Å². The molecule has 0 atom stereocenters. The SMILES string of the molecule is CC1CCC(Nc2ccc3c(=O)c4ccc(Cl)c(Cl)c4n(CC(=O)O)c3c2)CC1. The van der Waals surface area contributed by atoms with E-state index in [2.05, 4.69) is 12.2 Å². The van der Waals surface area contributed by atoms with Gasteiger partial charge in [-0.25, -0.2) is 0 Å². The molecule has 29 heavy (non-hydrogen) atoms. The molecule has 152 valence electrons. The standard InChI is InChI=1S/C22H22Cl2N2O3/c1-12-2-4-13(5-3-12)25-14-6-7-15-18(10-14)26(11-19(27)28)21-16(22(15)29)8-9-17(23)20(21)24/h6-10,12-13,25H,2-5,11H2,1H3,(H,27,28). The van der Waals surface area contributed by atoms with Crippen molar-refractivity contribution >= 4 is 56.7 Å². The summed E-state index contributed by atoms with van der Waals surface area (Å²) in [6.07, 6.45) is 4.57. The summed E-state index contributed by atoms with van der Waals surface area (Å²) in [6.45, 7) is 1.95. The number of carboxylic acid groups (broad SMARTS) is 1. The van der Waals surface area contributed by atoms with Crippen LogP contribution in [0.1, 0.15) is 32.6 Å². The van der Waals surface area contributed by atoms with Crippen molar-refractivity contribution in [2.45, 2.75) is 45.2 Å². The van der Waals surface area contributed by atoms with Crippen LogP contribution in [-0.4, -0.2) is 21.7 Å². The fourth-order valence-corrected chi connectivity index (χ4v) is 4.65. The molecule has 5 nitrogen and oxygen atoms in total. The third-order valence-electron chi connectivity index (χ3n) is 5.80. The molecule has 0 bridgehead atoms.